The van der Waals surface area contributed by atoms with Crippen molar-refractivity contribution in [3.63, 3.8) is 0 Å². The number of hydrogen-bond donors (Lipinski definition) is 1. The number of rotatable bonds is 6. The molecule has 0 aliphatic heterocycles. The molecule has 0 heterocycles. The third-order valence-electron chi connectivity index (χ3n) is 3.97. The molecule has 2 heteroatoms. The molecule has 0 bridgehead atoms. The highest BCUT2D eigenvalue weighted by molar-refractivity contribution is 5.36. The molecule has 1 aliphatic rings. The van der Waals surface area contributed by atoms with Crippen LogP contribution in [0.3, 0.4) is 0 Å². The Morgan fingerprint density at radius 1 is 1.16 bits per heavy atom. The van der Waals surface area contributed by atoms with E-state index in [2.05, 4.69) is 50.4 Å². The lowest BCUT2D eigenvalue weighted by Gasteiger charge is -2.37. The van der Waals surface area contributed by atoms with Crippen molar-refractivity contribution in [2.45, 2.75) is 58.1 Å². The molecular formula is C17H27NO. The molecule has 2 rings (SSSR count). The van der Waals surface area contributed by atoms with Crippen LogP contribution < -0.4 is 5.32 Å². The SMILES string of the molecule is CCCNC1c2ccccc2C(C)CC1OCCC. The van der Waals surface area contributed by atoms with Crippen LogP contribution in [0.15, 0.2) is 24.3 Å². The summed E-state index contributed by atoms with van der Waals surface area (Å²) in [4.78, 5) is 0. The summed E-state index contributed by atoms with van der Waals surface area (Å²) in [5.74, 6) is 0.595. The van der Waals surface area contributed by atoms with E-state index in [9.17, 15) is 0 Å². The zero-order chi connectivity index (χ0) is 13.7. The molecule has 1 aliphatic carbocycles. The van der Waals surface area contributed by atoms with Crippen LogP contribution in [0, 0.1) is 0 Å². The van der Waals surface area contributed by atoms with Crippen LogP contribution in [-0.2, 0) is 4.74 Å². The lowest BCUT2D eigenvalue weighted by atomic mass is 9.79. The zero-order valence-electron chi connectivity index (χ0n) is 12.5. The number of fused-ring (bicyclic) bond motifs is 1. The maximum Gasteiger partial charge on any atom is 0.0775 e. The summed E-state index contributed by atoms with van der Waals surface area (Å²) in [5, 5.41) is 3.68. The van der Waals surface area contributed by atoms with Gasteiger partial charge in [-0.25, -0.2) is 0 Å². The second kappa shape index (κ2) is 7.06. The van der Waals surface area contributed by atoms with Gasteiger partial charge in [-0.2, -0.15) is 0 Å². The molecule has 106 valence electrons. The maximum absolute atomic E-state index is 6.11. The van der Waals surface area contributed by atoms with Gasteiger partial charge >= 0.3 is 0 Å². The lowest BCUT2D eigenvalue weighted by Crippen LogP contribution is -2.39. The molecule has 3 unspecified atom stereocenters. The first kappa shape index (κ1) is 14.5. The molecular weight excluding hydrogens is 234 g/mol. The van der Waals surface area contributed by atoms with Gasteiger partial charge in [-0.3, -0.25) is 0 Å². The quantitative estimate of drug-likeness (QED) is 0.834. The molecule has 0 aromatic heterocycles. The van der Waals surface area contributed by atoms with Gasteiger partial charge in [0.25, 0.3) is 0 Å². The predicted molar refractivity (Wildman–Crippen MR) is 80.5 cm³/mol. The summed E-state index contributed by atoms with van der Waals surface area (Å²) >= 11 is 0. The summed E-state index contributed by atoms with van der Waals surface area (Å²) in [6.45, 7) is 8.63. The van der Waals surface area contributed by atoms with Crippen LogP contribution in [0.25, 0.3) is 0 Å². The van der Waals surface area contributed by atoms with Crippen molar-refractivity contribution in [2.75, 3.05) is 13.2 Å². The van der Waals surface area contributed by atoms with E-state index in [1.807, 2.05) is 0 Å². The number of ether oxygens (including phenoxy) is 1. The zero-order valence-corrected chi connectivity index (χ0v) is 12.5. The van der Waals surface area contributed by atoms with Crippen molar-refractivity contribution < 1.29 is 4.74 Å². The predicted octanol–water partition coefficient (Wildman–Crippen LogP) is 4.03. The second-order valence-electron chi connectivity index (χ2n) is 5.61. The minimum atomic E-state index is 0.316. The summed E-state index contributed by atoms with van der Waals surface area (Å²) in [5.41, 5.74) is 2.93. The fraction of sp³-hybridized carbons (Fsp3) is 0.647. The molecule has 0 radical (unpaired) electrons. The molecule has 0 saturated heterocycles. The van der Waals surface area contributed by atoms with Crippen LogP contribution in [0.4, 0.5) is 0 Å². The van der Waals surface area contributed by atoms with E-state index in [0.29, 0.717) is 18.1 Å². The Morgan fingerprint density at radius 2 is 1.89 bits per heavy atom. The van der Waals surface area contributed by atoms with Crippen LogP contribution in [0.5, 0.6) is 0 Å². The van der Waals surface area contributed by atoms with Crippen LogP contribution in [0.2, 0.25) is 0 Å². The smallest absolute Gasteiger partial charge is 0.0775 e. The molecule has 0 amide bonds. The van der Waals surface area contributed by atoms with E-state index in [1.54, 1.807) is 0 Å². The fourth-order valence-electron chi connectivity index (χ4n) is 3.03. The third-order valence-corrected chi connectivity index (χ3v) is 3.97. The highest BCUT2D eigenvalue weighted by Gasteiger charge is 2.32. The highest BCUT2D eigenvalue weighted by atomic mass is 16.5. The average Bonchev–Trinajstić information content (AvgIpc) is 2.44. The van der Waals surface area contributed by atoms with Gasteiger partial charge in [0.1, 0.15) is 0 Å². The van der Waals surface area contributed by atoms with E-state index >= 15 is 0 Å². The highest BCUT2D eigenvalue weighted by Crippen LogP contribution is 2.38. The minimum absolute atomic E-state index is 0.316. The molecule has 1 N–H and O–H groups in total. The first-order valence-corrected chi connectivity index (χ1v) is 7.71. The topological polar surface area (TPSA) is 21.3 Å². The van der Waals surface area contributed by atoms with E-state index in [0.717, 1.165) is 32.4 Å². The van der Waals surface area contributed by atoms with Gasteiger partial charge in [-0.1, -0.05) is 45.0 Å². The maximum atomic E-state index is 6.11. The standard InChI is InChI=1S/C17H27NO/c1-4-10-18-17-15-9-7-6-8-14(15)13(3)12-16(17)19-11-5-2/h6-9,13,16-18H,4-5,10-12H2,1-3H3. The first-order chi connectivity index (χ1) is 9.27. The number of nitrogens with one attached hydrogen (secondary N) is 1. The van der Waals surface area contributed by atoms with Gasteiger partial charge < -0.3 is 10.1 Å². The average molecular weight is 261 g/mol. The van der Waals surface area contributed by atoms with E-state index in [-0.39, 0.29) is 0 Å². The van der Waals surface area contributed by atoms with Gasteiger partial charge in [-0.05, 0) is 42.9 Å². The summed E-state index contributed by atoms with van der Waals surface area (Å²) < 4.78 is 6.11. The minimum Gasteiger partial charge on any atom is -0.376 e. The Bertz CT molecular complexity index is 391. The van der Waals surface area contributed by atoms with Crippen molar-refractivity contribution in [3.05, 3.63) is 35.4 Å². The molecule has 0 saturated carbocycles. The van der Waals surface area contributed by atoms with Crippen LogP contribution in [-0.4, -0.2) is 19.3 Å². The Balaban J connectivity index is 2.21. The monoisotopic (exact) mass is 261 g/mol. The molecule has 19 heavy (non-hydrogen) atoms. The molecule has 1 aromatic rings. The largest absolute Gasteiger partial charge is 0.376 e. The molecule has 2 nitrogen and oxygen atoms in total. The normalized spacial score (nSPS) is 26.2. The van der Waals surface area contributed by atoms with Crippen LogP contribution in [0.1, 0.15) is 63.1 Å². The van der Waals surface area contributed by atoms with Crippen molar-refractivity contribution in [2.24, 2.45) is 0 Å². The van der Waals surface area contributed by atoms with E-state index < -0.39 is 0 Å². The molecule has 3 atom stereocenters. The van der Waals surface area contributed by atoms with E-state index in [4.69, 9.17) is 4.74 Å². The summed E-state index contributed by atoms with van der Waals surface area (Å²) in [6.07, 6.45) is 3.69. The van der Waals surface area contributed by atoms with Gasteiger partial charge in [0, 0.05) is 6.61 Å². The Kier molecular flexibility index (Phi) is 5.41. The van der Waals surface area contributed by atoms with Gasteiger partial charge in [0.05, 0.1) is 12.1 Å². The lowest BCUT2D eigenvalue weighted by molar-refractivity contribution is 0.0112. The van der Waals surface area contributed by atoms with Gasteiger partial charge in [0.2, 0.25) is 0 Å². The third kappa shape index (κ3) is 3.37. The molecule has 1 aromatic carbocycles. The summed E-state index contributed by atoms with van der Waals surface area (Å²) in [7, 11) is 0. The van der Waals surface area contributed by atoms with Crippen molar-refractivity contribution in [1.82, 2.24) is 5.32 Å². The Morgan fingerprint density at radius 3 is 2.58 bits per heavy atom. The summed E-state index contributed by atoms with van der Waals surface area (Å²) in [6, 6.07) is 9.20. The van der Waals surface area contributed by atoms with Crippen molar-refractivity contribution in [3.8, 4) is 0 Å². The number of hydrogen-bond acceptors (Lipinski definition) is 2. The number of benzene rings is 1. The fourth-order valence-corrected chi connectivity index (χ4v) is 3.03. The van der Waals surface area contributed by atoms with Crippen molar-refractivity contribution >= 4 is 0 Å². The van der Waals surface area contributed by atoms with Crippen LogP contribution >= 0.6 is 0 Å². The molecule has 0 fully saturated rings. The second-order valence-corrected chi connectivity index (χ2v) is 5.61. The van der Waals surface area contributed by atoms with Crippen molar-refractivity contribution in [1.29, 1.82) is 0 Å². The Labute approximate surface area is 117 Å². The molecule has 0 spiro atoms. The Hall–Kier alpha value is -0.860. The first-order valence-electron chi connectivity index (χ1n) is 7.71. The van der Waals surface area contributed by atoms with E-state index in [1.165, 1.54) is 11.1 Å². The van der Waals surface area contributed by atoms with Gasteiger partial charge in [-0.15, -0.1) is 0 Å². The van der Waals surface area contributed by atoms with Gasteiger partial charge in [0.15, 0.2) is 0 Å².